The SMILES string of the molecule is Cc1ccc(C)c(C(O)=C2C(=O)C(=O)N(c3nccs3)C2c2cccnc2)c1. The van der Waals surface area contributed by atoms with Crippen molar-refractivity contribution in [3.05, 3.63) is 82.1 Å². The van der Waals surface area contributed by atoms with Crippen LogP contribution in [0.1, 0.15) is 28.3 Å². The van der Waals surface area contributed by atoms with Gasteiger partial charge in [0.1, 0.15) is 5.76 Å². The first kappa shape index (κ1) is 18.1. The summed E-state index contributed by atoms with van der Waals surface area (Å²) in [6, 6.07) is 8.33. The van der Waals surface area contributed by atoms with Gasteiger partial charge in [-0.05, 0) is 37.1 Å². The molecule has 1 unspecified atom stereocenters. The summed E-state index contributed by atoms with van der Waals surface area (Å²) in [4.78, 5) is 35.5. The molecule has 7 heteroatoms. The average molecular weight is 391 g/mol. The normalized spacial score (nSPS) is 18.6. The molecule has 28 heavy (non-hydrogen) atoms. The maximum absolute atomic E-state index is 13.0. The molecule has 3 aromatic rings. The number of aliphatic hydroxyl groups is 1. The number of nitrogens with zero attached hydrogens (tertiary/aromatic N) is 3. The van der Waals surface area contributed by atoms with Gasteiger partial charge >= 0.3 is 5.91 Å². The Kier molecular flexibility index (Phi) is 4.52. The van der Waals surface area contributed by atoms with Crippen LogP contribution in [0.15, 0.2) is 59.9 Å². The van der Waals surface area contributed by atoms with Crippen LogP contribution in [0.3, 0.4) is 0 Å². The van der Waals surface area contributed by atoms with Crippen LogP contribution in [0.4, 0.5) is 5.13 Å². The van der Waals surface area contributed by atoms with E-state index in [9.17, 15) is 14.7 Å². The summed E-state index contributed by atoms with van der Waals surface area (Å²) < 4.78 is 0. The first-order chi connectivity index (χ1) is 13.5. The molecule has 1 aliphatic heterocycles. The molecule has 0 radical (unpaired) electrons. The van der Waals surface area contributed by atoms with E-state index in [0.717, 1.165) is 11.1 Å². The number of amides is 1. The minimum Gasteiger partial charge on any atom is -0.507 e. The fraction of sp³-hybridized carbons (Fsp3) is 0.143. The molecule has 1 fully saturated rings. The van der Waals surface area contributed by atoms with Crippen LogP contribution in [0, 0.1) is 13.8 Å². The second kappa shape index (κ2) is 7.01. The number of pyridine rings is 1. The summed E-state index contributed by atoms with van der Waals surface area (Å²) in [6.07, 6.45) is 4.78. The number of aromatic nitrogens is 2. The van der Waals surface area contributed by atoms with Crippen LogP contribution in [0.2, 0.25) is 0 Å². The lowest BCUT2D eigenvalue weighted by Gasteiger charge is -2.22. The number of thiazole rings is 1. The molecule has 1 aliphatic rings. The highest BCUT2D eigenvalue weighted by atomic mass is 32.1. The third-order valence-corrected chi connectivity index (χ3v) is 5.49. The second-order valence-corrected chi connectivity index (χ2v) is 7.46. The molecule has 1 atom stereocenters. The van der Waals surface area contributed by atoms with E-state index in [4.69, 9.17) is 0 Å². The van der Waals surface area contributed by atoms with Crippen LogP contribution >= 0.6 is 11.3 Å². The number of carbonyl (C=O) groups excluding carboxylic acids is 2. The number of rotatable bonds is 3. The number of ketones is 1. The van der Waals surface area contributed by atoms with Crippen molar-refractivity contribution in [3.8, 4) is 0 Å². The van der Waals surface area contributed by atoms with Crippen molar-refractivity contribution in [2.75, 3.05) is 4.90 Å². The quantitative estimate of drug-likeness (QED) is 0.417. The van der Waals surface area contributed by atoms with E-state index in [0.29, 0.717) is 16.3 Å². The summed E-state index contributed by atoms with van der Waals surface area (Å²) in [5, 5.41) is 13.2. The minimum absolute atomic E-state index is 0.0434. The van der Waals surface area contributed by atoms with Gasteiger partial charge in [-0.25, -0.2) is 4.98 Å². The molecule has 0 bridgehead atoms. The average Bonchev–Trinajstić information content (AvgIpc) is 3.31. The van der Waals surface area contributed by atoms with Gasteiger partial charge in [-0.1, -0.05) is 23.8 Å². The standard InChI is InChI=1S/C21H17N3O3S/c1-12-5-6-13(2)15(10-12)18(25)16-17(14-4-3-7-22-11-14)24(20(27)19(16)26)21-23-8-9-28-21/h3-11,17,25H,1-2H3. The van der Waals surface area contributed by atoms with Crippen molar-refractivity contribution in [3.63, 3.8) is 0 Å². The molecule has 0 saturated carbocycles. The Morgan fingerprint density at radius 1 is 1.18 bits per heavy atom. The first-order valence-corrected chi connectivity index (χ1v) is 9.55. The summed E-state index contributed by atoms with van der Waals surface area (Å²) in [6.45, 7) is 3.76. The van der Waals surface area contributed by atoms with Crippen LogP contribution < -0.4 is 4.90 Å². The van der Waals surface area contributed by atoms with E-state index in [-0.39, 0.29) is 11.3 Å². The van der Waals surface area contributed by atoms with Gasteiger partial charge in [0.05, 0.1) is 11.6 Å². The Morgan fingerprint density at radius 3 is 2.68 bits per heavy atom. The van der Waals surface area contributed by atoms with Crippen molar-refractivity contribution in [1.82, 2.24) is 9.97 Å². The molecule has 1 amide bonds. The molecule has 1 aromatic carbocycles. The highest BCUT2D eigenvalue weighted by Crippen LogP contribution is 2.42. The summed E-state index contributed by atoms with van der Waals surface area (Å²) in [5.74, 6) is -1.63. The van der Waals surface area contributed by atoms with Crippen LogP contribution in [0.25, 0.3) is 5.76 Å². The van der Waals surface area contributed by atoms with Crippen molar-refractivity contribution in [2.24, 2.45) is 0 Å². The molecule has 0 spiro atoms. The molecular formula is C21H17N3O3S. The largest absolute Gasteiger partial charge is 0.507 e. The summed E-state index contributed by atoms with van der Waals surface area (Å²) in [7, 11) is 0. The van der Waals surface area contributed by atoms with Crippen LogP contribution in [0.5, 0.6) is 0 Å². The van der Waals surface area contributed by atoms with Crippen molar-refractivity contribution < 1.29 is 14.7 Å². The number of aryl methyl sites for hydroxylation is 2. The second-order valence-electron chi connectivity index (χ2n) is 6.59. The van der Waals surface area contributed by atoms with Gasteiger partial charge in [0.25, 0.3) is 5.78 Å². The van der Waals surface area contributed by atoms with E-state index >= 15 is 0 Å². The predicted octanol–water partition coefficient (Wildman–Crippen LogP) is 3.78. The topological polar surface area (TPSA) is 83.4 Å². The fourth-order valence-electron chi connectivity index (χ4n) is 3.35. The molecular weight excluding hydrogens is 374 g/mol. The van der Waals surface area contributed by atoms with Gasteiger partial charge in [0, 0.05) is 29.5 Å². The number of hydrogen-bond donors (Lipinski definition) is 1. The summed E-state index contributed by atoms with van der Waals surface area (Å²) >= 11 is 1.26. The molecule has 0 aliphatic carbocycles. The van der Waals surface area contributed by atoms with Gasteiger partial charge in [0.2, 0.25) is 0 Å². The van der Waals surface area contributed by atoms with Gasteiger partial charge in [0.15, 0.2) is 5.13 Å². The molecule has 4 rings (SSSR count). The van der Waals surface area contributed by atoms with Crippen molar-refractivity contribution >= 4 is 33.9 Å². The third-order valence-electron chi connectivity index (χ3n) is 4.72. The monoisotopic (exact) mass is 391 g/mol. The van der Waals surface area contributed by atoms with E-state index in [1.807, 2.05) is 32.0 Å². The molecule has 140 valence electrons. The number of carbonyl (C=O) groups is 2. The molecule has 6 nitrogen and oxygen atoms in total. The molecule has 2 aromatic heterocycles. The fourth-order valence-corrected chi connectivity index (χ4v) is 4.02. The lowest BCUT2D eigenvalue weighted by molar-refractivity contribution is -0.132. The van der Waals surface area contributed by atoms with E-state index in [1.54, 1.807) is 36.1 Å². The highest BCUT2D eigenvalue weighted by Gasteiger charge is 2.48. The Balaban J connectivity index is 1.97. The zero-order valence-corrected chi connectivity index (χ0v) is 16.1. The molecule has 1 N–H and O–H groups in total. The number of benzene rings is 1. The Morgan fingerprint density at radius 2 is 2.00 bits per heavy atom. The van der Waals surface area contributed by atoms with Crippen LogP contribution in [-0.4, -0.2) is 26.8 Å². The number of hydrogen-bond acceptors (Lipinski definition) is 6. The molecule has 1 saturated heterocycles. The van der Waals surface area contributed by atoms with Gasteiger partial charge in [-0.3, -0.25) is 19.5 Å². The lowest BCUT2D eigenvalue weighted by atomic mass is 9.94. The zero-order chi connectivity index (χ0) is 19.8. The van der Waals surface area contributed by atoms with Gasteiger partial charge in [-0.2, -0.15) is 0 Å². The summed E-state index contributed by atoms with van der Waals surface area (Å²) in [5.41, 5.74) is 2.96. The highest BCUT2D eigenvalue weighted by molar-refractivity contribution is 7.14. The Bertz CT molecular complexity index is 1090. The van der Waals surface area contributed by atoms with Crippen molar-refractivity contribution in [1.29, 1.82) is 0 Å². The maximum Gasteiger partial charge on any atom is 0.301 e. The van der Waals surface area contributed by atoms with E-state index in [2.05, 4.69) is 9.97 Å². The minimum atomic E-state index is -0.792. The smallest absolute Gasteiger partial charge is 0.301 e. The number of Topliss-reactive ketones (excluding diaryl/α,β-unsaturated/α-hetero) is 1. The van der Waals surface area contributed by atoms with Gasteiger partial charge < -0.3 is 5.11 Å². The van der Waals surface area contributed by atoms with Crippen LogP contribution in [-0.2, 0) is 9.59 Å². The number of anilines is 1. The third kappa shape index (κ3) is 2.90. The van der Waals surface area contributed by atoms with Crippen molar-refractivity contribution in [2.45, 2.75) is 19.9 Å². The lowest BCUT2D eigenvalue weighted by Crippen LogP contribution is -2.29. The Labute approximate surface area is 165 Å². The zero-order valence-electron chi connectivity index (χ0n) is 15.3. The number of aliphatic hydroxyl groups excluding tert-OH is 1. The maximum atomic E-state index is 13.0. The molecule has 3 heterocycles. The Hall–Kier alpha value is -3.32. The predicted molar refractivity (Wildman–Crippen MR) is 107 cm³/mol. The van der Waals surface area contributed by atoms with Gasteiger partial charge in [-0.15, -0.1) is 11.3 Å². The first-order valence-electron chi connectivity index (χ1n) is 8.67. The van der Waals surface area contributed by atoms with E-state index < -0.39 is 17.7 Å². The van der Waals surface area contributed by atoms with E-state index in [1.165, 1.54) is 16.2 Å².